The number of carboxylic acids is 1. The fourth-order valence-corrected chi connectivity index (χ4v) is 2.28. The largest absolute Gasteiger partial charge is 0.480 e. The van der Waals surface area contributed by atoms with Crippen molar-refractivity contribution in [2.75, 3.05) is 6.61 Å². The fraction of sp³-hybridized carbons (Fsp3) is 0.222. The summed E-state index contributed by atoms with van der Waals surface area (Å²) in [5, 5.41) is 9.44. The highest BCUT2D eigenvalue weighted by Crippen LogP contribution is 2.31. The van der Waals surface area contributed by atoms with Gasteiger partial charge >= 0.3 is 11.9 Å². The number of carboxylic acid groups (broad SMARTS) is 1. The lowest BCUT2D eigenvalue weighted by molar-refractivity contribution is -0.160. The molecule has 1 unspecified atom stereocenters. The molecular formula is C18H17FO4. The van der Waals surface area contributed by atoms with Crippen molar-refractivity contribution < 1.29 is 23.8 Å². The van der Waals surface area contributed by atoms with Gasteiger partial charge in [-0.25, -0.2) is 4.39 Å². The lowest BCUT2D eigenvalue weighted by Crippen LogP contribution is -2.42. The van der Waals surface area contributed by atoms with E-state index in [1.54, 1.807) is 31.2 Å². The maximum absolute atomic E-state index is 14.4. The molecular weight excluding hydrogens is 299 g/mol. The SMILES string of the molecule is CCOC(=O)C(C)(C(=O)O)c1ccc(-c2ccccc2)c(F)c1. The summed E-state index contributed by atoms with van der Waals surface area (Å²) < 4.78 is 19.3. The number of ether oxygens (including phenoxy) is 1. The minimum absolute atomic E-state index is 0.0423. The molecule has 1 N–H and O–H groups in total. The molecule has 1 atom stereocenters. The first kappa shape index (κ1) is 16.7. The minimum atomic E-state index is -1.95. The summed E-state index contributed by atoms with van der Waals surface area (Å²) in [6.07, 6.45) is 0. The summed E-state index contributed by atoms with van der Waals surface area (Å²) in [7, 11) is 0. The summed E-state index contributed by atoms with van der Waals surface area (Å²) in [6.45, 7) is 2.84. The molecule has 0 radical (unpaired) electrons. The lowest BCUT2D eigenvalue weighted by Gasteiger charge is -2.23. The van der Waals surface area contributed by atoms with Gasteiger partial charge in [0, 0.05) is 5.56 Å². The van der Waals surface area contributed by atoms with Gasteiger partial charge in [0.05, 0.1) is 6.61 Å². The number of hydrogen-bond acceptors (Lipinski definition) is 3. The molecule has 0 spiro atoms. The number of carbonyl (C=O) groups is 2. The van der Waals surface area contributed by atoms with Gasteiger partial charge in [-0.3, -0.25) is 9.59 Å². The smallest absolute Gasteiger partial charge is 0.327 e. The second kappa shape index (κ2) is 6.60. The summed E-state index contributed by atoms with van der Waals surface area (Å²) in [5.74, 6) is -2.90. The molecule has 4 nitrogen and oxygen atoms in total. The third kappa shape index (κ3) is 3.08. The second-order valence-corrected chi connectivity index (χ2v) is 5.21. The Hall–Kier alpha value is -2.69. The highest BCUT2D eigenvalue weighted by Gasteiger charge is 2.45. The van der Waals surface area contributed by atoms with Crippen LogP contribution in [-0.2, 0) is 19.7 Å². The van der Waals surface area contributed by atoms with Gasteiger partial charge in [-0.1, -0.05) is 42.5 Å². The van der Waals surface area contributed by atoms with Crippen LogP contribution in [0.3, 0.4) is 0 Å². The molecule has 23 heavy (non-hydrogen) atoms. The molecule has 2 aromatic carbocycles. The van der Waals surface area contributed by atoms with Crippen LogP contribution < -0.4 is 0 Å². The fourth-order valence-electron chi connectivity index (χ4n) is 2.28. The van der Waals surface area contributed by atoms with Gasteiger partial charge in [-0.05, 0) is 31.0 Å². The maximum atomic E-state index is 14.4. The predicted molar refractivity (Wildman–Crippen MR) is 83.5 cm³/mol. The molecule has 0 aliphatic rings. The van der Waals surface area contributed by atoms with Gasteiger partial charge in [0.25, 0.3) is 0 Å². The average Bonchev–Trinajstić information content (AvgIpc) is 2.54. The van der Waals surface area contributed by atoms with Crippen LogP contribution in [0, 0.1) is 5.82 Å². The van der Waals surface area contributed by atoms with Crippen molar-refractivity contribution in [1.82, 2.24) is 0 Å². The van der Waals surface area contributed by atoms with Gasteiger partial charge in [-0.15, -0.1) is 0 Å². The highest BCUT2D eigenvalue weighted by molar-refractivity contribution is 6.05. The van der Waals surface area contributed by atoms with Crippen LogP contribution in [-0.4, -0.2) is 23.7 Å². The monoisotopic (exact) mass is 316 g/mol. The average molecular weight is 316 g/mol. The number of aliphatic carboxylic acids is 1. The Morgan fingerprint density at radius 1 is 1.17 bits per heavy atom. The van der Waals surface area contributed by atoms with Gasteiger partial charge in [0.1, 0.15) is 5.82 Å². The first-order chi connectivity index (χ1) is 10.9. The van der Waals surface area contributed by atoms with Crippen LogP contribution in [0.15, 0.2) is 48.5 Å². The van der Waals surface area contributed by atoms with E-state index < -0.39 is 23.2 Å². The minimum Gasteiger partial charge on any atom is -0.480 e. The standard InChI is InChI=1S/C18H17FO4/c1-3-23-17(22)18(2,16(20)21)13-9-10-14(15(19)11-13)12-7-5-4-6-8-12/h4-11H,3H2,1-2H3,(H,20,21). The van der Waals surface area contributed by atoms with Crippen molar-refractivity contribution in [3.63, 3.8) is 0 Å². The molecule has 0 saturated carbocycles. The third-order valence-corrected chi connectivity index (χ3v) is 3.74. The van der Waals surface area contributed by atoms with E-state index >= 15 is 0 Å². The van der Waals surface area contributed by atoms with Crippen molar-refractivity contribution >= 4 is 11.9 Å². The zero-order valence-electron chi connectivity index (χ0n) is 12.9. The summed E-state index contributed by atoms with van der Waals surface area (Å²) >= 11 is 0. The molecule has 0 amide bonds. The maximum Gasteiger partial charge on any atom is 0.327 e. The molecule has 2 aromatic rings. The quantitative estimate of drug-likeness (QED) is 0.678. The van der Waals surface area contributed by atoms with Crippen molar-refractivity contribution in [2.45, 2.75) is 19.3 Å². The number of rotatable bonds is 5. The Morgan fingerprint density at radius 2 is 1.83 bits per heavy atom. The summed E-state index contributed by atoms with van der Waals surface area (Å²) in [5.41, 5.74) is -0.900. The molecule has 5 heteroatoms. The molecule has 0 aliphatic heterocycles. The Kier molecular flexibility index (Phi) is 4.79. The number of hydrogen-bond donors (Lipinski definition) is 1. The van der Waals surface area contributed by atoms with Gasteiger partial charge in [0.2, 0.25) is 0 Å². The van der Waals surface area contributed by atoms with Crippen LogP contribution in [0.1, 0.15) is 19.4 Å². The highest BCUT2D eigenvalue weighted by atomic mass is 19.1. The zero-order chi connectivity index (χ0) is 17.0. The van der Waals surface area contributed by atoms with Gasteiger partial charge in [0.15, 0.2) is 5.41 Å². The number of benzene rings is 2. The molecule has 2 rings (SSSR count). The Balaban J connectivity index is 2.49. The van der Waals surface area contributed by atoms with E-state index in [2.05, 4.69) is 0 Å². The van der Waals surface area contributed by atoms with E-state index in [-0.39, 0.29) is 12.2 Å². The molecule has 0 fully saturated rings. The van der Waals surface area contributed by atoms with E-state index in [1.165, 1.54) is 19.1 Å². The van der Waals surface area contributed by atoms with E-state index in [9.17, 15) is 19.1 Å². The van der Waals surface area contributed by atoms with E-state index in [0.717, 1.165) is 6.07 Å². The predicted octanol–water partition coefficient (Wildman–Crippen LogP) is 3.40. The molecule has 120 valence electrons. The molecule has 0 saturated heterocycles. The Bertz CT molecular complexity index is 727. The van der Waals surface area contributed by atoms with E-state index in [1.807, 2.05) is 6.07 Å². The number of esters is 1. The molecule has 0 aromatic heterocycles. The Labute approximate surface area is 133 Å². The Morgan fingerprint density at radius 3 is 2.35 bits per heavy atom. The topological polar surface area (TPSA) is 63.6 Å². The summed E-state index contributed by atoms with van der Waals surface area (Å²) in [4.78, 5) is 23.6. The normalized spacial score (nSPS) is 13.2. The number of halogens is 1. The third-order valence-electron chi connectivity index (χ3n) is 3.74. The summed E-state index contributed by atoms with van der Waals surface area (Å²) in [6, 6.07) is 12.9. The van der Waals surface area contributed by atoms with Crippen LogP contribution >= 0.6 is 0 Å². The number of carbonyl (C=O) groups excluding carboxylic acids is 1. The molecule has 0 heterocycles. The van der Waals surface area contributed by atoms with Crippen LogP contribution in [0.2, 0.25) is 0 Å². The molecule has 0 bridgehead atoms. The van der Waals surface area contributed by atoms with E-state index in [0.29, 0.717) is 11.1 Å². The molecule has 0 aliphatic carbocycles. The lowest BCUT2D eigenvalue weighted by atomic mass is 9.81. The van der Waals surface area contributed by atoms with Crippen molar-refractivity contribution in [3.8, 4) is 11.1 Å². The van der Waals surface area contributed by atoms with Crippen molar-refractivity contribution in [3.05, 3.63) is 59.9 Å². The first-order valence-electron chi connectivity index (χ1n) is 7.17. The first-order valence-corrected chi connectivity index (χ1v) is 7.17. The second-order valence-electron chi connectivity index (χ2n) is 5.21. The zero-order valence-corrected chi connectivity index (χ0v) is 12.9. The van der Waals surface area contributed by atoms with E-state index in [4.69, 9.17) is 4.74 Å². The van der Waals surface area contributed by atoms with Gasteiger partial charge < -0.3 is 9.84 Å². The van der Waals surface area contributed by atoms with Crippen LogP contribution in [0.5, 0.6) is 0 Å². The van der Waals surface area contributed by atoms with Crippen LogP contribution in [0.25, 0.3) is 11.1 Å². The van der Waals surface area contributed by atoms with Crippen LogP contribution in [0.4, 0.5) is 4.39 Å². The van der Waals surface area contributed by atoms with Crippen molar-refractivity contribution in [1.29, 1.82) is 0 Å². The van der Waals surface area contributed by atoms with Crippen molar-refractivity contribution in [2.24, 2.45) is 0 Å². The van der Waals surface area contributed by atoms with Gasteiger partial charge in [-0.2, -0.15) is 0 Å².